The molecule has 1 aromatic carbocycles. The Morgan fingerprint density at radius 2 is 2.36 bits per heavy atom. The maximum absolute atomic E-state index is 9.11. The molecule has 0 aliphatic rings. The van der Waals surface area contributed by atoms with Gasteiger partial charge in [-0.25, -0.2) is 0 Å². The predicted molar refractivity (Wildman–Crippen MR) is 39.5 cm³/mol. The first kappa shape index (κ1) is 7.88. The molecular formula is C8H9O3. The van der Waals surface area contributed by atoms with E-state index in [4.69, 9.17) is 14.9 Å². The molecule has 0 aromatic heterocycles. The first-order chi connectivity index (χ1) is 5.34. The minimum atomic E-state index is -0.0612. The van der Waals surface area contributed by atoms with Crippen molar-refractivity contribution in [3.63, 3.8) is 0 Å². The van der Waals surface area contributed by atoms with Crippen LogP contribution in [0.3, 0.4) is 0 Å². The topological polar surface area (TPSA) is 49.7 Å². The second kappa shape index (κ2) is 3.83. The summed E-state index contributed by atoms with van der Waals surface area (Å²) in [6.45, 7) is 0.125. The average Bonchev–Trinajstić information content (AvgIpc) is 2.03. The van der Waals surface area contributed by atoms with Crippen molar-refractivity contribution >= 4 is 0 Å². The van der Waals surface area contributed by atoms with Gasteiger partial charge in [0.05, 0.1) is 6.61 Å². The highest BCUT2D eigenvalue weighted by atomic mass is 16.5. The molecule has 0 fully saturated rings. The molecule has 2 N–H and O–H groups in total. The van der Waals surface area contributed by atoms with E-state index in [1.54, 1.807) is 6.07 Å². The molecule has 0 aliphatic carbocycles. The van der Waals surface area contributed by atoms with Gasteiger partial charge in [-0.2, -0.15) is 0 Å². The number of aliphatic hydroxyl groups is 1. The van der Waals surface area contributed by atoms with Gasteiger partial charge in [0.1, 0.15) is 6.61 Å². The zero-order valence-corrected chi connectivity index (χ0v) is 5.95. The Kier molecular flexibility index (Phi) is 2.74. The highest BCUT2D eigenvalue weighted by Crippen LogP contribution is 2.23. The minimum Gasteiger partial charge on any atom is -0.504 e. The predicted octanol–water partition coefficient (Wildman–Crippen LogP) is 0.563. The van der Waals surface area contributed by atoms with Gasteiger partial charge in [0, 0.05) is 0 Å². The Bertz CT molecular complexity index is 222. The van der Waals surface area contributed by atoms with Crippen molar-refractivity contribution in [1.82, 2.24) is 0 Å². The van der Waals surface area contributed by atoms with Crippen LogP contribution in [0.25, 0.3) is 0 Å². The highest BCUT2D eigenvalue weighted by molar-refractivity contribution is 5.37. The molecule has 0 aliphatic heterocycles. The van der Waals surface area contributed by atoms with E-state index in [2.05, 4.69) is 6.07 Å². The van der Waals surface area contributed by atoms with Crippen molar-refractivity contribution in [3.05, 3.63) is 24.3 Å². The summed E-state index contributed by atoms with van der Waals surface area (Å²) in [7, 11) is 0. The molecule has 0 unspecified atom stereocenters. The SMILES string of the molecule is OCCOc1c[c]ccc1O. The third-order valence-corrected chi connectivity index (χ3v) is 1.15. The van der Waals surface area contributed by atoms with Crippen molar-refractivity contribution < 1.29 is 14.9 Å². The molecule has 11 heavy (non-hydrogen) atoms. The molecule has 0 atom stereocenters. The van der Waals surface area contributed by atoms with Gasteiger partial charge < -0.3 is 14.9 Å². The lowest BCUT2D eigenvalue weighted by Gasteiger charge is -2.04. The van der Waals surface area contributed by atoms with E-state index < -0.39 is 0 Å². The first-order valence-electron chi connectivity index (χ1n) is 3.27. The molecule has 0 saturated carbocycles. The van der Waals surface area contributed by atoms with Gasteiger partial charge in [0.15, 0.2) is 11.5 Å². The van der Waals surface area contributed by atoms with Crippen LogP contribution in [0.1, 0.15) is 0 Å². The Balaban J connectivity index is 2.62. The summed E-state index contributed by atoms with van der Waals surface area (Å²) in [4.78, 5) is 0. The number of phenols is 1. The molecule has 3 nitrogen and oxygen atoms in total. The van der Waals surface area contributed by atoms with E-state index in [9.17, 15) is 0 Å². The van der Waals surface area contributed by atoms with Gasteiger partial charge in [0.25, 0.3) is 0 Å². The summed E-state index contributed by atoms with van der Waals surface area (Å²) in [5.74, 6) is 0.416. The third-order valence-electron chi connectivity index (χ3n) is 1.15. The van der Waals surface area contributed by atoms with Crippen LogP contribution in [-0.4, -0.2) is 23.4 Å². The van der Waals surface area contributed by atoms with Crippen LogP contribution >= 0.6 is 0 Å². The molecule has 0 spiro atoms. The molecule has 0 bridgehead atoms. The molecule has 0 saturated heterocycles. The lowest BCUT2D eigenvalue weighted by molar-refractivity contribution is 0.197. The van der Waals surface area contributed by atoms with Crippen LogP contribution in [0.15, 0.2) is 18.2 Å². The minimum absolute atomic E-state index is 0.0612. The Labute approximate surface area is 64.9 Å². The standard InChI is InChI=1S/C8H9O3/c9-5-6-11-8-4-2-1-3-7(8)10/h1,3-4,9-10H,5-6H2. The number of rotatable bonds is 3. The van der Waals surface area contributed by atoms with Crippen LogP contribution in [0.4, 0.5) is 0 Å². The third kappa shape index (κ3) is 2.13. The van der Waals surface area contributed by atoms with Gasteiger partial charge in [-0.15, -0.1) is 0 Å². The van der Waals surface area contributed by atoms with Gasteiger partial charge >= 0.3 is 0 Å². The fourth-order valence-corrected chi connectivity index (χ4v) is 0.678. The summed E-state index contributed by atoms with van der Waals surface area (Å²) in [6, 6.07) is 7.33. The molecule has 59 valence electrons. The Morgan fingerprint density at radius 1 is 1.55 bits per heavy atom. The van der Waals surface area contributed by atoms with Crippen LogP contribution < -0.4 is 4.74 Å². The normalized spacial score (nSPS) is 9.55. The van der Waals surface area contributed by atoms with Crippen molar-refractivity contribution in [2.45, 2.75) is 0 Å². The largest absolute Gasteiger partial charge is 0.504 e. The number of benzene rings is 1. The molecule has 3 heteroatoms. The molecular weight excluding hydrogens is 144 g/mol. The molecule has 1 rings (SSSR count). The molecule has 0 heterocycles. The zero-order valence-electron chi connectivity index (χ0n) is 5.95. The summed E-state index contributed by atoms with van der Waals surface area (Å²) in [6.07, 6.45) is 0. The van der Waals surface area contributed by atoms with E-state index in [0.29, 0.717) is 5.75 Å². The number of hydrogen-bond acceptors (Lipinski definition) is 3. The fourth-order valence-electron chi connectivity index (χ4n) is 0.678. The Hall–Kier alpha value is -1.22. The number of hydrogen-bond donors (Lipinski definition) is 2. The van der Waals surface area contributed by atoms with Crippen LogP contribution in [0.5, 0.6) is 11.5 Å². The van der Waals surface area contributed by atoms with E-state index in [0.717, 1.165) is 0 Å². The smallest absolute Gasteiger partial charge is 0.161 e. The maximum Gasteiger partial charge on any atom is 0.161 e. The summed E-state index contributed by atoms with van der Waals surface area (Å²) < 4.78 is 4.95. The fraction of sp³-hybridized carbons (Fsp3) is 0.250. The lowest BCUT2D eigenvalue weighted by Crippen LogP contribution is -2.01. The van der Waals surface area contributed by atoms with E-state index in [1.807, 2.05) is 0 Å². The van der Waals surface area contributed by atoms with E-state index >= 15 is 0 Å². The molecule has 1 radical (unpaired) electrons. The van der Waals surface area contributed by atoms with Crippen LogP contribution in [0, 0.1) is 6.07 Å². The second-order valence-electron chi connectivity index (χ2n) is 1.97. The van der Waals surface area contributed by atoms with Crippen molar-refractivity contribution in [2.75, 3.05) is 13.2 Å². The summed E-state index contributed by atoms with van der Waals surface area (Å²) >= 11 is 0. The van der Waals surface area contributed by atoms with Gasteiger partial charge in [-0.1, -0.05) is 6.07 Å². The number of aromatic hydroxyl groups is 1. The van der Waals surface area contributed by atoms with Gasteiger partial charge in [-0.3, -0.25) is 0 Å². The molecule has 0 amide bonds. The van der Waals surface area contributed by atoms with E-state index in [-0.39, 0.29) is 19.0 Å². The number of ether oxygens (including phenoxy) is 1. The monoisotopic (exact) mass is 153 g/mol. The Morgan fingerprint density at radius 3 is 3.00 bits per heavy atom. The quantitative estimate of drug-likeness (QED) is 0.667. The van der Waals surface area contributed by atoms with Crippen molar-refractivity contribution in [2.24, 2.45) is 0 Å². The zero-order chi connectivity index (χ0) is 8.10. The maximum atomic E-state index is 9.11. The summed E-state index contributed by atoms with van der Waals surface area (Å²) in [5.41, 5.74) is 0. The van der Waals surface area contributed by atoms with Crippen molar-refractivity contribution in [3.8, 4) is 11.5 Å². The highest BCUT2D eigenvalue weighted by Gasteiger charge is 1.97. The molecule has 1 aromatic rings. The second-order valence-corrected chi connectivity index (χ2v) is 1.97. The average molecular weight is 153 g/mol. The lowest BCUT2D eigenvalue weighted by atomic mass is 10.3. The van der Waals surface area contributed by atoms with Crippen LogP contribution in [0.2, 0.25) is 0 Å². The van der Waals surface area contributed by atoms with Crippen LogP contribution in [-0.2, 0) is 0 Å². The van der Waals surface area contributed by atoms with Gasteiger partial charge in [0.2, 0.25) is 0 Å². The first-order valence-corrected chi connectivity index (χ1v) is 3.27. The summed E-state index contributed by atoms with van der Waals surface area (Å²) in [5, 5.41) is 17.5. The number of phenolic OH excluding ortho intramolecular Hbond substituents is 1. The van der Waals surface area contributed by atoms with Gasteiger partial charge in [-0.05, 0) is 18.2 Å². The van der Waals surface area contributed by atoms with Crippen molar-refractivity contribution in [1.29, 1.82) is 0 Å². The van der Waals surface area contributed by atoms with E-state index in [1.165, 1.54) is 12.1 Å². The number of aliphatic hydroxyl groups excluding tert-OH is 1.